The zero-order valence-electron chi connectivity index (χ0n) is 8.46. The van der Waals surface area contributed by atoms with E-state index in [4.69, 9.17) is 0 Å². The van der Waals surface area contributed by atoms with Gasteiger partial charge < -0.3 is 0 Å². The quantitative estimate of drug-likeness (QED) is 0.674. The number of rotatable bonds is 3. The molecule has 1 heterocycles. The first kappa shape index (κ1) is 9.30. The smallest absolute Gasteiger partial charge is 0.0684 e. The Bertz CT molecular complexity index is 250. The van der Waals surface area contributed by atoms with Crippen molar-refractivity contribution in [1.29, 1.82) is 0 Å². The van der Waals surface area contributed by atoms with E-state index in [1.54, 1.807) is 0 Å². The molecule has 0 bridgehead atoms. The minimum Gasteiger partial charge on any atom is -0.275 e. The molecule has 0 amide bonds. The van der Waals surface area contributed by atoms with E-state index in [1.165, 1.54) is 17.7 Å². The fraction of sp³-hybridized carbons (Fsp3) is 0.700. The fourth-order valence-corrected chi connectivity index (χ4v) is 1.44. The van der Waals surface area contributed by atoms with Crippen LogP contribution >= 0.6 is 0 Å². The van der Waals surface area contributed by atoms with Gasteiger partial charge in [0.25, 0.3) is 0 Å². The van der Waals surface area contributed by atoms with Crippen molar-refractivity contribution in [3.05, 3.63) is 17.5 Å². The molecule has 0 aliphatic rings. The van der Waals surface area contributed by atoms with Gasteiger partial charge in [0.2, 0.25) is 0 Å². The normalized spacial score (nSPS) is 13.3. The zero-order chi connectivity index (χ0) is 9.14. The molecule has 0 radical (unpaired) electrons. The van der Waals surface area contributed by atoms with Gasteiger partial charge in [-0.2, -0.15) is 5.10 Å². The third kappa shape index (κ3) is 1.68. The van der Waals surface area contributed by atoms with E-state index in [0.29, 0.717) is 5.92 Å². The monoisotopic (exact) mass is 166 g/mol. The van der Waals surface area contributed by atoms with E-state index < -0.39 is 0 Å². The Hall–Kier alpha value is -0.790. The van der Waals surface area contributed by atoms with Crippen molar-refractivity contribution in [2.45, 2.75) is 39.5 Å². The Balaban J connectivity index is 2.96. The summed E-state index contributed by atoms with van der Waals surface area (Å²) in [7, 11) is 1.99. The average molecular weight is 166 g/mol. The summed E-state index contributed by atoms with van der Waals surface area (Å²) < 4.78 is 1.92. The molecule has 1 aromatic heterocycles. The molecule has 1 unspecified atom stereocenters. The standard InChI is InChI=1S/C10H18N2/c1-5-8(3)10-9(6-2)7-12(4)11-10/h7-8H,5-6H2,1-4H3. The van der Waals surface area contributed by atoms with Crippen LogP contribution in [0, 0.1) is 0 Å². The van der Waals surface area contributed by atoms with Crippen LogP contribution in [0.2, 0.25) is 0 Å². The molecular weight excluding hydrogens is 148 g/mol. The van der Waals surface area contributed by atoms with Crippen molar-refractivity contribution in [1.82, 2.24) is 9.78 Å². The Labute approximate surface area is 74.6 Å². The number of hydrogen-bond donors (Lipinski definition) is 0. The van der Waals surface area contributed by atoms with Crippen LogP contribution in [0.3, 0.4) is 0 Å². The first-order valence-corrected chi connectivity index (χ1v) is 4.71. The molecule has 0 aromatic carbocycles. The molecule has 0 fully saturated rings. The summed E-state index contributed by atoms with van der Waals surface area (Å²) in [5, 5.41) is 4.47. The van der Waals surface area contributed by atoms with Gasteiger partial charge in [-0.1, -0.05) is 20.8 Å². The van der Waals surface area contributed by atoms with Crippen LogP contribution in [0.25, 0.3) is 0 Å². The van der Waals surface area contributed by atoms with Gasteiger partial charge in [-0.25, -0.2) is 0 Å². The lowest BCUT2D eigenvalue weighted by atomic mass is 10.0. The van der Waals surface area contributed by atoms with Gasteiger partial charge >= 0.3 is 0 Å². The molecule has 1 atom stereocenters. The van der Waals surface area contributed by atoms with Crippen molar-refractivity contribution in [3.8, 4) is 0 Å². The summed E-state index contributed by atoms with van der Waals surface area (Å²) in [6, 6.07) is 0. The molecule has 68 valence electrons. The summed E-state index contributed by atoms with van der Waals surface area (Å²) >= 11 is 0. The lowest BCUT2D eigenvalue weighted by Gasteiger charge is -2.05. The highest BCUT2D eigenvalue weighted by atomic mass is 15.3. The Morgan fingerprint density at radius 1 is 1.50 bits per heavy atom. The lowest BCUT2D eigenvalue weighted by Crippen LogP contribution is -1.97. The van der Waals surface area contributed by atoms with Crippen LogP contribution < -0.4 is 0 Å². The van der Waals surface area contributed by atoms with Crippen LogP contribution in [-0.4, -0.2) is 9.78 Å². The SMILES string of the molecule is CCc1cn(C)nc1C(C)CC. The lowest BCUT2D eigenvalue weighted by molar-refractivity contribution is 0.662. The molecular formula is C10H18N2. The topological polar surface area (TPSA) is 17.8 Å². The Kier molecular flexibility index (Phi) is 2.90. The summed E-state index contributed by atoms with van der Waals surface area (Å²) in [5.74, 6) is 0.598. The van der Waals surface area contributed by atoms with Crippen molar-refractivity contribution in [2.24, 2.45) is 7.05 Å². The third-order valence-corrected chi connectivity index (χ3v) is 2.40. The van der Waals surface area contributed by atoms with Crippen LogP contribution in [0.15, 0.2) is 6.20 Å². The maximum atomic E-state index is 4.47. The molecule has 0 saturated heterocycles. The second-order valence-corrected chi connectivity index (χ2v) is 3.38. The number of aromatic nitrogens is 2. The maximum absolute atomic E-state index is 4.47. The molecule has 1 rings (SSSR count). The van der Waals surface area contributed by atoms with Crippen molar-refractivity contribution >= 4 is 0 Å². The van der Waals surface area contributed by atoms with E-state index in [9.17, 15) is 0 Å². The maximum Gasteiger partial charge on any atom is 0.0684 e. The molecule has 2 heteroatoms. The van der Waals surface area contributed by atoms with Crippen LogP contribution in [0.5, 0.6) is 0 Å². The van der Waals surface area contributed by atoms with Gasteiger partial charge in [-0.05, 0) is 18.4 Å². The summed E-state index contributed by atoms with van der Waals surface area (Å²) in [5.41, 5.74) is 2.68. The minimum absolute atomic E-state index is 0.598. The first-order valence-electron chi connectivity index (χ1n) is 4.71. The van der Waals surface area contributed by atoms with Crippen molar-refractivity contribution in [2.75, 3.05) is 0 Å². The number of nitrogens with zero attached hydrogens (tertiary/aromatic N) is 2. The van der Waals surface area contributed by atoms with E-state index >= 15 is 0 Å². The number of hydrogen-bond acceptors (Lipinski definition) is 1. The molecule has 0 aliphatic carbocycles. The zero-order valence-corrected chi connectivity index (χ0v) is 8.46. The van der Waals surface area contributed by atoms with E-state index in [2.05, 4.69) is 32.1 Å². The second-order valence-electron chi connectivity index (χ2n) is 3.38. The average Bonchev–Trinajstić information content (AvgIpc) is 2.45. The highest BCUT2D eigenvalue weighted by Gasteiger charge is 2.11. The molecule has 0 N–H and O–H groups in total. The molecule has 0 aliphatic heterocycles. The molecule has 2 nitrogen and oxygen atoms in total. The minimum atomic E-state index is 0.598. The Morgan fingerprint density at radius 3 is 2.67 bits per heavy atom. The largest absolute Gasteiger partial charge is 0.275 e. The van der Waals surface area contributed by atoms with Crippen LogP contribution in [-0.2, 0) is 13.5 Å². The molecule has 1 aromatic rings. The van der Waals surface area contributed by atoms with Crippen molar-refractivity contribution < 1.29 is 0 Å². The molecule has 0 saturated carbocycles. The van der Waals surface area contributed by atoms with Crippen LogP contribution in [0.1, 0.15) is 44.4 Å². The number of aryl methyl sites for hydroxylation is 2. The fourth-order valence-electron chi connectivity index (χ4n) is 1.44. The van der Waals surface area contributed by atoms with Gasteiger partial charge in [-0.15, -0.1) is 0 Å². The van der Waals surface area contributed by atoms with Crippen LogP contribution in [0.4, 0.5) is 0 Å². The van der Waals surface area contributed by atoms with E-state index in [1.807, 2.05) is 11.7 Å². The highest BCUT2D eigenvalue weighted by Crippen LogP contribution is 2.20. The predicted octanol–water partition coefficient (Wildman–Crippen LogP) is 2.50. The summed E-state index contributed by atoms with van der Waals surface area (Å²) in [4.78, 5) is 0. The molecule has 12 heavy (non-hydrogen) atoms. The predicted molar refractivity (Wildman–Crippen MR) is 51.3 cm³/mol. The van der Waals surface area contributed by atoms with Gasteiger partial charge in [0, 0.05) is 19.2 Å². The second kappa shape index (κ2) is 3.74. The first-order chi connectivity index (χ1) is 5.69. The van der Waals surface area contributed by atoms with Crippen molar-refractivity contribution in [3.63, 3.8) is 0 Å². The van der Waals surface area contributed by atoms with Gasteiger partial charge in [0.1, 0.15) is 0 Å². The highest BCUT2D eigenvalue weighted by molar-refractivity contribution is 5.20. The Morgan fingerprint density at radius 2 is 2.17 bits per heavy atom. The van der Waals surface area contributed by atoms with E-state index in [-0.39, 0.29) is 0 Å². The third-order valence-electron chi connectivity index (χ3n) is 2.40. The summed E-state index contributed by atoms with van der Waals surface area (Å²) in [6.45, 7) is 6.63. The van der Waals surface area contributed by atoms with Gasteiger partial charge in [0.15, 0.2) is 0 Å². The van der Waals surface area contributed by atoms with E-state index in [0.717, 1.165) is 6.42 Å². The molecule has 0 spiro atoms. The van der Waals surface area contributed by atoms with Gasteiger partial charge in [-0.3, -0.25) is 4.68 Å². The van der Waals surface area contributed by atoms with Gasteiger partial charge in [0.05, 0.1) is 5.69 Å². The summed E-state index contributed by atoms with van der Waals surface area (Å²) in [6.07, 6.45) is 4.39.